The Morgan fingerprint density at radius 2 is 1.77 bits per heavy atom. The third-order valence-corrected chi connectivity index (χ3v) is 5.24. The van der Waals surface area contributed by atoms with Crippen molar-refractivity contribution in [1.29, 1.82) is 0 Å². The Morgan fingerprint density at radius 1 is 0.967 bits per heavy atom. The quantitative estimate of drug-likeness (QED) is 0.533. The van der Waals surface area contributed by atoms with Gasteiger partial charge in [-0.25, -0.2) is 4.98 Å². The second kappa shape index (κ2) is 7.91. The van der Waals surface area contributed by atoms with Gasteiger partial charge in [-0.3, -0.25) is 4.79 Å². The summed E-state index contributed by atoms with van der Waals surface area (Å²) in [5, 5.41) is 2.99. The van der Waals surface area contributed by atoms with Gasteiger partial charge in [0.15, 0.2) is 11.5 Å². The fourth-order valence-corrected chi connectivity index (χ4v) is 3.69. The van der Waals surface area contributed by atoms with Gasteiger partial charge in [-0.15, -0.1) is 0 Å². The maximum atomic E-state index is 12.7. The van der Waals surface area contributed by atoms with E-state index in [2.05, 4.69) is 28.1 Å². The number of nitrogens with one attached hydrogen (secondary N) is 1. The van der Waals surface area contributed by atoms with E-state index in [-0.39, 0.29) is 12.7 Å². The Morgan fingerprint density at radius 3 is 2.67 bits per heavy atom. The van der Waals surface area contributed by atoms with E-state index < -0.39 is 0 Å². The van der Waals surface area contributed by atoms with Crippen LogP contribution in [0.15, 0.2) is 72.8 Å². The zero-order chi connectivity index (χ0) is 20.3. The fraction of sp³-hybridized carbons (Fsp3) is 0.167. The number of hydrogen-bond donors (Lipinski definition) is 1. The molecule has 2 heterocycles. The van der Waals surface area contributed by atoms with E-state index in [0.717, 1.165) is 29.8 Å². The molecule has 1 aromatic heterocycles. The summed E-state index contributed by atoms with van der Waals surface area (Å²) in [7, 11) is 0. The first-order valence-corrected chi connectivity index (χ1v) is 9.94. The number of fused-ring (bicyclic) bond motifs is 2. The number of nitrogens with zero attached hydrogens (tertiary/aromatic N) is 2. The van der Waals surface area contributed by atoms with Gasteiger partial charge in [-0.1, -0.05) is 42.5 Å². The van der Waals surface area contributed by atoms with Crippen LogP contribution < -0.4 is 14.8 Å². The highest BCUT2D eigenvalue weighted by Crippen LogP contribution is 2.32. The van der Waals surface area contributed by atoms with Crippen molar-refractivity contribution in [2.24, 2.45) is 0 Å². The van der Waals surface area contributed by atoms with Crippen molar-refractivity contribution in [1.82, 2.24) is 14.9 Å². The molecule has 30 heavy (non-hydrogen) atoms. The Balaban J connectivity index is 1.35. The van der Waals surface area contributed by atoms with Crippen LogP contribution in [0, 0.1) is 0 Å². The minimum atomic E-state index is -0.171. The van der Waals surface area contributed by atoms with Gasteiger partial charge in [0.05, 0.1) is 17.6 Å². The van der Waals surface area contributed by atoms with E-state index in [1.165, 1.54) is 5.56 Å². The molecule has 0 atom stereocenters. The van der Waals surface area contributed by atoms with E-state index in [9.17, 15) is 4.79 Å². The molecule has 6 heteroatoms. The summed E-state index contributed by atoms with van der Waals surface area (Å²) >= 11 is 0. The largest absolute Gasteiger partial charge is 0.454 e. The monoisotopic (exact) mass is 399 g/mol. The lowest BCUT2D eigenvalue weighted by Gasteiger charge is -2.11. The summed E-state index contributed by atoms with van der Waals surface area (Å²) in [6.07, 6.45) is 0.893. The molecule has 0 unspecified atom stereocenters. The van der Waals surface area contributed by atoms with E-state index in [1.807, 2.05) is 36.4 Å². The average Bonchev–Trinajstić information content (AvgIpc) is 3.40. The van der Waals surface area contributed by atoms with E-state index in [4.69, 9.17) is 14.5 Å². The van der Waals surface area contributed by atoms with Crippen LogP contribution in [0.5, 0.6) is 11.5 Å². The lowest BCUT2D eigenvalue weighted by Crippen LogP contribution is -2.25. The van der Waals surface area contributed by atoms with Gasteiger partial charge >= 0.3 is 0 Å². The summed E-state index contributed by atoms with van der Waals surface area (Å²) in [6, 6.07) is 23.6. The van der Waals surface area contributed by atoms with Crippen molar-refractivity contribution in [3.8, 4) is 11.5 Å². The molecule has 3 aromatic carbocycles. The normalized spacial score (nSPS) is 12.3. The molecule has 6 nitrogen and oxygen atoms in total. The van der Waals surface area contributed by atoms with Crippen LogP contribution in [0.3, 0.4) is 0 Å². The van der Waals surface area contributed by atoms with Crippen LogP contribution in [0.1, 0.15) is 21.7 Å². The summed E-state index contributed by atoms with van der Waals surface area (Å²) < 4.78 is 12.9. The Labute approximate surface area is 174 Å². The predicted octanol–water partition coefficient (Wildman–Crippen LogP) is 3.94. The van der Waals surface area contributed by atoms with Crippen molar-refractivity contribution < 1.29 is 14.3 Å². The Bertz CT molecular complexity index is 1200. The standard InChI is InChI=1S/C24H21N3O3/c28-24(18-10-11-21-22(14-18)30-16-29-21)25-15-23-26-19-8-4-5-9-20(19)27(23)13-12-17-6-2-1-3-7-17/h1-11,14H,12-13,15-16H2,(H,25,28). The smallest absolute Gasteiger partial charge is 0.251 e. The highest BCUT2D eigenvalue weighted by atomic mass is 16.7. The minimum Gasteiger partial charge on any atom is -0.454 e. The molecule has 150 valence electrons. The van der Waals surface area contributed by atoms with Crippen molar-refractivity contribution >= 4 is 16.9 Å². The molecule has 0 saturated carbocycles. The first kappa shape index (κ1) is 18.2. The number of imidazole rings is 1. The lowest BCUT2D eigenvalue weighted by molar-refractivity contribution is 0.0949. The van der Waals surface area contributed by atoms with Crippen LogP contribution in [-0.2, 0) is 19.5 Å². The number of aromatic nitrogens is 2. The third kappa shape index (κ3) is 3.59. The van der Waals surface area contributed by atoms with Gasteiger partial charge in [0.2, 0.25) is 6.79 Å². The van der Waals surface area contributed by atoms with E-state index in [0.29, 0.717) is 23.6 Å². The highest BCUT2D eigenvalue weighted by molar-refractivity contribution is 5.94. The van der Waals surface area contributed by atoms with Crippen molar-refractivity contribution in [2.75, 3.05) is 6.79 Å². The number of aryl methyl sites for hydroxylation is 2. The molecule has 1 N–H and O–H groups in total. The number of rotatable bonds is 6. The lowest BCUT2D eigenvalue weighted by atomic mass is 10.1. The number of ether oxygens (including phenoxy) is 2. The number of amides is 1. The number of benzene rings is 3. The van der Waals surface area contributed by atoms with Crippen molar-refractivity contribution in [3.05, 3.63) is 89.7 Å². The molecular weight excluding hydrogens is 378 g/mol. The molecular formula is C24H21N3O3. The average molecular weight is 399 g/mol. The van der Waals surface area contributed by atoms with Crippen molar-refractivity contribution in [3.63, 3.8) is 0 Å². The SMILES string of the molecule is O=C(NCc1nc2ccccc2n1CCc1ccccc1)c1ccc2c(c1)OCO2. The first-order chi connectivity index (χ1) is 14.8. The van der Waals surface area contributed by atoms with E-state index in [1.54, 1.807) is 18.2 Å². The van der Waals surface area contributed by atoms with Crippen molar-refractivity contribution in [2.45, 2.75) is 19.5 Å². The van der Waals surface area contributed by atoms with Gasteiger partial charge in [-0.2, -0.15) is 0 Å². The topological polar surface area (TPSA) is 65.4 Å². The zero-order valence-corrected chi connectivity index (χ0v) is 16.4. The second-order valence-corrected chi connectivity index (χ2v) is 7.15. The van der Waals surface area contributed by atoms with Gasteiger partial charge in [0.1, 0.15) is 5.82 Å². The maximum Gasteiger partial charge on any atom is 0.251 e. The zero-order valence-electron chi connectivity index (χ0n) is 16.4. The Hall–Kier alpha value is -3.80. The van der Waals surface area contributed by atoms with Gasteiger partial charge in [0, 0.05) is 12.1 Å². The maximum absolute atomic E-state index is 12.7. The second-order valence-electron chi connectivity index (χ2n) is 7.15. The fourth-order valence-electron chi connectivity index (χ4n) is 3.69. The summed E-state index contributed by atoms with van der Waals surface area (Å²) in [5.74, 6) is 1.92. The molecule has 0 saturated heterocycles. The van der Waals surface area contributed by atoms with Gasteiger partial charge in [-0.05, 0) is 42.3 Å². The minimum absolute atomic E-state index is 0.171. The molecule has 4 aromatic rings. The first-order valence-electron chi connectivity index (χ1n) is 9.94. The molecule has 0 aliphatic carbocycles. The summed E-state index contributed by atoms with van der Waals surface area (Å²) in [5.41, 5.74) is 3.80. The molecule has 5 rings (SSSR count). The van der Waals surface area contributed by atoms with Crippen LogP contribution in [0.25, 0.3) is 11.0 Å². The number of carbonyl (C=O) groups is 1. The highest BCUT2D eigenvalue weighted by Gasteiger charge is 2.17. The number of hydrogen-bond acceptors (Lipinski definition) is 4. The van der Waals surface area contributed by atoms with E-state index >= 15 is 0 Å². The molecule has 0 fully saturated rings. The number of para-hydroxylation sites is 2. The Kier molecular flexibility index (Phi) is 4.81. The summed E-state index contributed by atoms with van der Waals surface area (Å²) in [6.45, 7) is 1.32. The predicted molar refractivity (Wildman–Crippen MR) is 114 cm³/mol. The van der Waals surface area contributed by atoms with Crippen LogP contribution >= 0.6 is 0 Å². The molecule has 0 spiro atoms. The molecule has 0 radical (unpaired) electrons. The molecule has 0 bridgehead atoms. The third-order valence-electron chi connectivity index (χ3n) is 5.24. The van der Waals surface area contributed by atoms with Crippen LogP contribution in [0.2, 0.25) is 0 Å². The molecule has 1 aliphatic rings. The van der Waals surface area contributed by atoms with Crippen LogP contribution in [0.4, 0.5) is 0 Å². The number of carbonyl (C=O) groups excluding carboxylic acids is 1. The van der Waals surface area contributed by atoms with Crippen LogP contribution in [-0.4, -0.2) is 22.3 Å². The summed E-state index contributed by atoms with van der Waals surface area (Å²) in [4.78, 5) is 17.4. The van der Waals surface area contributed by atoms with Gasteiger partial charge < -0.3 is 19.4 Å². The molecule has 1 amide bonds. The molecule has 1 aliphatic heterocycles. The van der Waals surface area contributed by atoms with Gasteiger partial charge in [0.25, 0.3) is 5.91 Å².